The molecule has 0 aliphatic heterocycles. The van der Waals surface area contributed by atoms with E-state index >= 15 is 0 Å². The van der Waals surface area contributed by atoms with Gasteiger partial charge in [0.05, 0.1) is 5.75 Å². The molecule has 4 aromatic rings. The molecule has 3 aromatic carbocycles. The zero-order valence-electron chi connectivity index (χ0n) is 15.9. The molecular formula is C22H15BrCl2N4OS. The van der Waals surface area contributed by atoms with Gasteiger partial charge >= 0.3 is 0 Å². The van der Waals surface area contributed by atoms with Gasteiger partial charge in [0.25, 0.3) is 0 Å². The molecular weight excluding hydrogens is 519 g/mol. The Bertz CT molecular complexity index is 1230. The molecule has 0 saturated carbocycles. The number of thioether (sulfide) groups is 1. The summed E-state index contributed by atoms with van der Waals surface area (Å²) in [5.74, 6) is 0.658. The summed E-state index contributed by atoms with van der Waals surface area (Å²) >= 11 is 16.9. The number of carbonyl (C=O) groups excluding carboxylic acids is 1. The van der Waals surface area contributed by atoms with E-state index in [1.54, 1.807) is 18.2 Å². The Kier molecular flexibility index (Phi) is 6.97. The monoisotopic (exact) mass is 532 g/mol. The lowest BCUT2D eigenvalue weighted by Crippen LogP contribution is -2.14. The van der Waals surface area contributed by atoms with Gasteiger partial charge in [-0.1, -0.05) is 69.1 Å². The lowest BCUT2D eigenvalue weighted by molar-refractivity contribution is -0.113. The van der Waals surface area contributed by atoms with Crippen molar-refractivity contribution in [1.29, 1.82) is 0 Å². The summed E-state index contributed by atoms with van der Waals surface area (Å²) in [6.07, 6.45) is 0. The first-order valence-corrected chi connectivity index (χ1v) is 11.7. The zero-order valence-corrected chi connectivity index (χ0v) is 19.8. The maximum atomic E-state index is 12.5. The minimum absolute atomic E-state index is 0.141. The van der Waals surface area contributed by atoms with E-state index in [9.17, 15) is 4.79 Å². The highest BCUT2D eigenvalue weighted by molar-refractivity contribution is 9.10. The second kappa shape index (κ2) is 9.87. The number of amides is 1. The minimum Gasteiger partial charge on any atom is -0.325 e. The van der Waals surface area contributed by atoms with Crippen molar-refractivity contribution in [3.05, 3.63) is 87.3 Å². The second-order valence-electron chi connectivity index (χ2n) is 6.48. The van der Waals surface area contributed by atoms with Crippen LogP contribution in [0.1, 0.15) is 0 Å². The molecule has 5 nitrogen and oxygen atoms in total. The molecule has 0 spiro atoms. The van der Waals surface area contributed by atoms with Gasteiger partial charge in [0, 0.05) is 31.5 Å². The highest BCUT2D eigenvalue weighted by Crippen LogP contribution is 2.30. The number of nitrogens with one attached hydrogen (secondary N) is 1. The van der Waals surface area contributed by atoms with E-state index in [1.165, 1.54) is 11.8 Å². The molecule has 4 rings (SSSR count). The van der Waals surface area contributed by atoms with Crippen molar-refractivity contribution in [3.8, 4) is 17.1 Å². The van der Waals surface area contributed by atoms with E-state index in [0.29, 0.717) is 21.0 Å². The van der Waals surface area contributed by atoms with Crippen LogP contribution in [0, 0.1) is 0 Å². The molecule has 1 N–H and O–H groups in total. The van der Waals surface area contributed by atoms with E-state index in [1.807, 2.05) is 59.2 Å². The van der Waals surface area contributed by atoms with Crippen LogP contribution in [0.3, 0.4) is 0 Å². The lowest BCUT2D eigenvalue weighted by atomic mass is 10.2. The van der Waals surface area contributed by atoms with Crippen LogP contribution < -0.4 is 5.32 Å². The molecule has 31 heavy (non-hydrogen) atoms. The van der Waals surface area contributed by atoms with Crippen LogP contribution in [0.2, 0.25) is 10.0 Å². The SMILES string of the molecule is O=C(CSc1nnc(-c2cccc(Cl)c2)n1-c1ccc(Cl)cc1)Nc1cccc(Br)c1. The van der Waals surface area contributed by atoms with Gasteiger partial charge in [0.15, 0.2) is 11.0 Å². The molecule has 1 heterocycles. The summed E-state index contributed by atoms with van der Waals surface area (Å²) in [5.41, 5.74) is 2.37. The Hall–Kier alpha value is -2.32. The molecule has 156 valence electrons. The fourth-order valence-electron chi connectivity index (χ4n) is 2.89. The smallest absolute Gasteiger partial charge is 0.234 e. The van der Waals surface area contributed by atoms with Gasteiger partial charge in [-0.05, 0) is 54.6 Å². The van der Waals surface area contributed by atoms with Crippen LogP contribution in [0.5, 0.6) is 0 Å². The highest BCUT2D eigenvalue weighted by atomic mass is 79.9. The second-order valence-corrected chi connectivity index (χ2v) is 9.21. The van der Waals surface area contributed by atoms with Crippen molar-refractivity contribution in [2.24, 2.45) is 0 Å². The van der Waals surface area contributed by atoms with Crippen LogP contribution in [-0.4, -0.2) is 26.4 Å². The van der Waals surface area contributed by atoms with Crippen molar-refractivity contribution in [1.82, 2.24) is 14.8 Å². The first-order chi connectivity index (χ1) is 15.0. The third kappa shape index (κ3) is 5.49. The average Bonchev–Trinajstić information content (AvgIpc) is 3.17. The van der Waals surface area contributed by atoms with Crippen LogP contribution in [0.4, 0.5) is 5.69 Å². The maximum Gasteiger partial charge on any atom is 0.234 e. The van der Waals surface area contributed by atoms with Crippen molar-refractivity contribution < 1.29 is 4.79 Å². The third-order valence-electron chi connectivity index (χ3n) is 4.24. The van der Waals surface area contributed by atoms with E-state index in [-0.39, 0.29) is 11.7 Å². The standard InChI is InChI=1S/C22H15BrCl2N4OS/c23-15-4-2-6-18(12-15)26-20(30)13-31-22-28-27-21(14-3-1-5-17(25)11-14)29(22)19-9-7-16(24)8-10-19/h1-12H,13H2,(H,26,30). The van der Waals surface area contributed by atoms with Crippen molar-refractivity contribution in [2.75, 3.05) is 11.1 Å². The quantitative estimate of drug-likeness (QED) is 0.279. The number of anilines is 1. The summed E-state index contributed by atoms with van der Waals surface area (Å²) in [4.78, 5) is 12.5. The number of aromatic nitrogens is 3. The summed E-state index contributed by atoms with van der Waals surface area (Å²) in [7, 11) is 0. The average molecular weight is 534 g/mol. The topological polar surface area (TPSA) is 59.8 Å². The minimum atomic E-state index is -0.141. The number of hydrogen-bond acceptors (Lipinski definition) is 4. The Labute approximate surface area is 201 Å². The molecule has 0 aliphatic rings. The van der Waals surface area contributed by atoms with Gasteiger partial charge in [-0.15, -0.1) is 10.2 Å². The van der Waals surface area contributed by atoms with Crippen LogP contribution in [0.25, 0.3) is 17.1 Å². The van der Waals surface area contributed by atoms with Crippen molar-refractivity contribution in [3.63, 3.8) is 0 Å². The third-order valence-corrected chi connectivity index (χ3v) is 6.15. The molecule has 1 amide bonds. The largest absolute Gasteiger partial charge is 0.325 e. The first-order valence-electron chi connectivity index (χ1n) is 9.15. The number of halogens is 3. The summed E-state index contributed by atoms with van der Waals surface area (Å²) in [6.45, 7) is 0. The van der Waals surface area contributed by atoms with Gasteiger partial charge in [-0.3, -0.25) is 9.36 Å². The Morgan fingerprint density at radius 2 is 1.74 bits per heavy atom. The molecule has 0 saturated heterocycles. The van der Waals surface area contributed by atoms with E-state index < -0.39 is 0 Å². The molecule has 0 aliphatic carbocycles. The predicted octanol–water partition coefficient (Wildman–Crippen LogP) is 6.73. The summed E-state index contributed by atoms with van der Waals surface area (Å²) < 4.78 is 2.78. The van der Waals surface area contributed by atoms with Crippen LogP contribution in [-0.2, 0) is 4.79 Å². The zero-order chi connectivity index (χ0) is 21.8. The van der Waals surface area contributed by atoms with Gasteiger partial charge in [-0.2, -0.15) is 0 Å². The van der Waals surface area contributed by atoms with Crippen molar-refractivity contribution >= 4 is 62.5 Å². The number of rotatable bonds is 6. The fourth-order valence-corrected chi connectivity index (χ4v) is 4.36. The number of hydrogen-bond donors (Lipinski definition) is 1. The van der Waals surface area contributed by atoms with E-state index in [2.05, 4.69) is 31.4 Å². The number of benzene rings is 3. The summed E-state index contributed by atoms with van der Waals surface area (Å²) in [6, 6.07) is 22.2. The highest BCUT2D eigenvalue weighted by Gasteiger charge is 2.17. The Balaban J connectivity index is 1.61. The molecule has 0 fully saturated rings. The maximum absolute atomic E-state index is 12.5. The van der Waals surface area contributed by atoms with Gasteiger partial charge < -0.3 is 5.32 Å². The fraction of sp³-hybridized carbons (Fsp3) is 0.0455. The molecule has 0 radical (unpaired) electrons. The van der Waals surface area contributed by atoms with Gasteiger partial charge in [0.2, 0.25) is 5.91 Å². The summed E-state index contributed by atoms with van der Waals surface area (Å²) in [5, 5.41) is 13.4. The molecule has 9 heteroatoms. The Morgan fingerprint density at radius 3 is 2.48 bits per heavy atom. The lowest BCUT2D eigenvalue weighted by Gasteiger charge is -2.11. The number of carbonyl (C=O) groups is 1. The Morgan fingerprint density at radius 1 is 0.968 bits per heavy atom. The van der Waals surface area contributed by atoms with E-state index in [4.69, 9.17) is 23.2 Å². The van der Waals surface area contributed by atoms with Crippen LogP contribution >= 0.6 is 50.9 Å². The molecule has 0 bridgehead atoms. The normalized spacial score (nSPS) is 10.8. The van der Waals surface area contributed by atoms with E-state index in [0.717, 1.165) is 21.4 Å². The molecule has 0 atom stereocenters. The van der Waals surface area contributed by atoms with Crippen LogP contribution in [0.15, 0.2) is 82.4 Å². The first kappa shape index (κ1) is 21.9. The number of nitrogens with zero attached hydrogens (tertiary/aromatic N) is 3. The van der Waals surface area contributed by atoms with Gasteiger partial charge in [0.1, 0.15) is 0 Å². The predicted molar refractivity (Wildman–Crippen MR) is 130 cm³/mol. The van der Waals surface area contributed by atoms with Gasteiger partial charge in [-0.25, -0.2) is 0 Å². The molecule has 0 unspecified atom stereocenters. The molecule has 1 aromatic heterocycles. The van der Waals surface area contributed by atoms with Crippen molar-refractivity contribution in [2.45, 2.75) is 5.16 Å².